The van der Waals surface area contributed by atoms with E-state index in [4.69, 9.17) is 11.6 Å². The summed E-state index contributed by atoms with van der Waals surface area (Å²) in [6.07, 6.45) is 0. The molecule has 3 aromatic rings. The van der Waals surface area contributed by atoms with Gasteiger partial charge in [-0.3, -0.25) is 10.2 Å². The van der Waals surface area contributed by atoms with Crippen LogP contribution in [-0.4, -0.2) is 11.0 Å². The minimum absolute atomic E-state index is 0.104. The average Bonchev–Trinajstić information content (AvgIpc) is 2.90. The lowest BCUT2D eigenvalue weighted by Crippen LogP contribution is -2.38. The summed E-state index contributed by atoms with van der Waals surface area (Å²) < 4.78 is 0.981. The van der Waals surface area contributed by atoms with Crippen LogP contribution in [-0.2, 0) is 0 Å². The Morgan fingerprint density at radius 1 is 1.17 bits per heavy atom. The monoisotopic (exact) mass is 346 g/mol. The number of benzene rings is 2. The molecule has 1 unspecified atom stereocenters. The first-order valence-electron chi connectivity index (χ1n) is 7.08. The van der Waals surface area contributed by atoms with Crippen LogP contribution in [0.25, 0.3) is 10.1 Å². The maximum atomic E-state index is 12.3. The first kappa shape index (κ1) is 15.8. The first-order valence-corrected chi connectivity index (χ1v) is 8.27. The van der Waals surface area contributed by atoms with Crippen molar-refractivity contribution in [2.24, 2.45) is 0 Å². The lowest BCUT2D eigenvalue weighted by atomic mass is 10.1. The second kappa shape index (κ2) is 6.58. The van der Waals surface area contributed by atoms with Gasteiger partial charge in [-0.1, -0.05) is 41.9 Å². The molecule has 1 aromatic heterocycles. The highest BCUT2D eigenvalue weighted by Crippen LogP contribution is 2.34. The van der Waals surface area contributed by atoms with E-state index < -0.39 is 0 Å². The molecule has 3 rings (SSSR count). The predicted molar refractivity (Wildman–Crippen MR) is 94.0 cm³/mol. The largest absolute Gasteiger partial charge is 0.508 e. The maximum Gasteiger partial charge on any atom is 0.277 e. The average molecular weight is 347 g/mol. The van der Waals surface area contributed by atoms with Gasteiger partial charge >= 0.3 is 0 Å². The molecule has 6 heteroatoms. The number of amides is 1. The van der Waals surface area contributed by atoms with Crippen molar-refractivity contribution in [1.82, 2.24) is 10.9 Å². The van der Waals surface area contributed by atoms with Gasteiger partial charge in [-0.2, -0.15) is 0 Å². The Labute approximate surface area is 142 Å². The Balaban J connectivity index is 1.71. The number of aromatic hydroxyl groups is 1. The molecular weight excluding hydrogens is 332 g/mol. The SMILES string of the molecule is CC(NNC(=O)c1sc2ccccc2c1Cl)c1ccc(O)cc1. The van der Waals surface area contributed by atoms with Gasteiger partial charge in [0.25, 0.3) is 5.91 Å². The van der Waals surface area contributed by atoms with Crippen molar-refractivity contribution in [3.63, 3.8) is 0 Å². The normalized spacial score (nSPS) is 12.3. The first-order chi connectivity index (χ1) is 11.1. The molecule has 3 N–H and O–H groups in total. The highest BCUT2D eigenvalue weighted by molar-refractivity contribution is 7.21. The van der Waals surface area contributed by atoms with Crippen molar-refractivity contribution < 1.29 is 9.90 Å². The summed E-state index contributed by atoms with van der Waals surface area (Å²) in [5, 5.41) is 10.7. The van der Waals surface area contributed by atoms with Crippen LogP contribution in [0.2, 0.25) is 5.02 Å². The van der Waals surface area contributed by atoms with Gasteiger partial charge in [-0.15, -0.1) is 11.3 Å². The van der Waals surface area contributed by atoms with Crippen LogP contribution in [0.5, 0.6) is 5.75 Å². The van der Waals surface area contributed by atoms with E-state index in [1.165, 1.54) is 11.3 Å². The molecule has 23 heavy (non-hydrogen) atoms. The van der Waals surface area contributed by atoms with E-state index >= 15 is 0 Å². The Kier molecular flexibility index (Phi) is 4.52. The van der Waals surface area contributed by atoms with Gasteiger partial charge in [0, 0.05) is 16.1 Å². The summed E-state index contributed by atoms with van der Waals surface area (Å²) in [5.41, 5.74) is 6.59. The lowest BCUT2D eigenvalue weighted by Gasteiger charge is -2.15. The standard InChI is InChI=1S/C17H15ClN2O2S/c1-10(11-6-8-12(21)9-7-11)19-20-17(22)16-15(18)13-4-2-3-5-14(13)23-16/h2-10,19,21H,1H3,(H,20,22). The second-order valence-corrected chi connectivity index (χ2v) is 6.58. The van der Waals surface area contributed by atoms with E-state index in [-0.39, 0.29) is 17.7 Å². The van der Waals surface area contributed by atoms with Gasteiger partial charge in [0.05, 0.1) is 5.02 Å². The minimum atomic E-state index is -0.262. The van der Waals surface area contributed by atoms with Crippen LogP contribution in [0.4, 0.5) is 0 Å². The molecule has 0 spiro atoms. The minimum Gasteiger partial charge on any atom is -0.508 e. The summed E-state index contributed by atoms with van der Waals surface area (Å²) in [7, 11) is 0. The van der Waals surface area contributed by atoms with Gasteiger partial charge in [0.15, 0.2) is 0 Å². The van der Waals surface area contributed by atoms with Crippen molar-refractivity contribution in [2.45, 2.75) is 13.0 Å². The van der Waals surface area contributed by atoms with E-state index in [9.17, 15) is 9.90 Å². The predicted octanol–water partition coefficient (Wildman–Crippen LogP) is 4.26. The fourth-order valence-electron chi connectivity index (χ4n) is 2.24. The molecule has 1 amide bonds. The number of carbonyl (C=O) groups excluding carboxylic acids is 1. The van der Waals surface area contributed by atoms with Crippen LogP contribution in [0.1, 0.15) is 28.2 Å². The van der Waals surface area contributed by atoms with Crippen molar-refractivity contribution in [1.29, 1.82) is 0 Å². The van der Waals surface area contributed by atoms with Crippen molar-refractivity contribution in [2.75, 3.05) is 0 Å². The fourth-order valence-corrected chi connectivity index (χ4v) is 3.65. The van der Waals surface area contributed by atoms with E-state index in [0.717, 1.165) is 15.6 Å². The quantitative estimate of drug-likeness (QED) is 0.619. The van der Waals surface area contributed by atoms with Crippen LogP contribution < -0.4 is 10.9 Å². The van der Waals surface area contributed by atoms with Crippen molar-refractivity contribution in [3.05, 3.63) is 64.0 Å². The third kappa shape index (κ3) is 3.32. The van der Waals surface area contributed by atoms with E-state index in [0.29, 0.717) is 9.90 Å². The van der Waals surface area contributed by atoms with Crippen LogP contribution in [0.15, 0.2) is 48.5 Å². The van der Waals surface area contributed by atoms with Gasteiger partial charge < -0.3 is 5.11 Å². The molecule has 0 aliphatic heterocycles. The zero-order valence-corrected chi connectivity index (χ0v) is 13.9. The molecule has 0 aliphatic rings. The summed E-state index contributed by atoms with van der Waals surface area (Å²) in [6.45, 7) is 1.92. The molecule has 0 saturated heterocycles. The number of phenols is 1. The number of hydrogen-bond acceptors (Lipinski definition) is 4. The Bertz CT molecular complexity index is 845. The van der Waals surface area contributed by atoms with Gasteiger partial charge in [0.2, 0.25) is 0 Å². The molecule has 0 saturated carbocycles. The second-order valence-electron chi connectivity index (χ2n) is 5.15. The molecule has 0 fully saturated rings. The number of phenolic OH excluding ortho intramolecular Hbond substituents is 1. The van der Waals surface area contributed by atoms with E-state index in [1.54, 1.807) is 24.3 Å². The Hall–Kier alpha value is -2.08. The van der Waals surface area contributed by atoms with E-state index in [2.05, 4.69) is 10.9 Å². The van der Waals surface area contributed by atoms with Crippen molar-refractivity contribution in [3.8, 4) is 5.75 Å². The zero-order valence-electron chi connectivity index (χ0n) is 12.3. The van der Waals surface area contributed by atoms with E-state index in [1.807, 2.05) is 31.2 Å². The summed E-state index contributed by atoms with van der Waals surface area (Å²) in [6, 6.07) is 14.4. The molecule has 0 radical (unpaired) electrons. The molecular formula is C17H15ClN2O2S. The Morgan fingerprint density at radius 2 is 1.87 bits per heavy atom. The molecule has 0 aliphatic carbocycles. The number of thiophene rings is 1. The molecule has 2 aromatic carbocycles. The third-order valence-corrected chi connectivity index (χ3v) is 5.21. The number of carbonyl (C=O) groups is 1. The summed E-state index contributed by atoms with van der Waals surface area (Å²) in [5.74, 6) is -0.0520. The summed E-state index contributed by atoms with van der Waals surface area (Å²) >= 11 is 7.66. The highest BCUT2D eigenvalue weighted by atomic mass is 35.5. The number of hydrogen-bond donors (Lipinski definition) is 3. The van der Waals surface area contributed by atoms with Gasteiger partial charge in [-0.25, -0.2) is 5.43 Å². The van der Waals surface area contributed by atoms with Crippen LogP contribution in [0.3, 0.4) is 0 Å². The Morgan fingerprint density at radius 3 is 2.57 bits per heavy atom. The number of nitrogens with one attached hydrogen (secondary N) is 2. The maximum absolute atomic E-state index is 12.3. The van der Waals surface area contributed by atoms with Crippen molar-refractivity contribution >= 4 is 38.9 Å². The number of rotatable bonds is 4. The zero-order chi connectivity index (χ0) is 16.4. The summed E-state index contributed by atoms with van der Waals surface area (Å²) in [4.78, 5) is 12.8. The lowest BCUT2D eigenvalue weighted by molar-refractivity contribution is 0.0930. The molecule has 1 atom stereocenters. The van der Waals surface area contributed by atoms with Gasteiger partial charge in [0.1, 0.15) is 10.6 Å². The molecule has 0 bridgehead atoms. The fraction of sp³-hybridized carbons (Fsp3) is 0.118. The van der Waals surface area contributed by atoms with Crippen LogP contribution >= 0.6 is 22.9 Å². The topological polar surface area (TPSA) is 61.4 Å². The number of hydrazine groups is 1. The van der Waals surface area contributed by atoms with Crippen LogP contribution in [0, 0.1) is 0 Å². The number of fused-ring (bicyclic) bond motifs is 1. The molecule has 4 nitrogen and oxygen atoms in total. The number of halogens is 1. The highest BCUT2D eigenvalue weighted by Gasteiger charge is 2.17. The van der Waals surface area contributed by atoms with Gasteiger partial charge in [-0.05, 0) is 30.7 Å². The third-order valence-electron chi connectivity index (χ3n) is 3.54. The molecule has 118 valence electrons. The smallest absolute Gasteiger partial charge is 0.277 e. The molecule has 1 heterocycles.